The van der Waals surface area contributed by atoms with Crippen LogP contribution in [0.15, 0.2) is 85.7 Å². The second-order valence-electron chi connectivity index (χ2n) is 18.5. The van der Waals surface area contributed by atoms with Gasteiger partial charge in [0.25, 0.3) is 11.8 Å². The molecule has 374 valence electrons. The largest absolute Gasteiger partial charge is 0.491 e. The number of halogens is 2. The Morgan fingerprint density at radius 1 is 0.819 bits per heavy atom. The zero-order valence-corrected chi connectivity index (χ0v) is 39.5. The third kappa shape index (κ3) is 10.4. The molecule has 6 aromatic rings. The Labute approximate surface area is 413 Å². The van der Waals surface area contributed by atoms with Gasteiger partial charge in [0.2, 0.25) is 11.8 Å². The molecule has 10 rings (SSSR count). The number of fused-ring (bicyclic) bond motifs is 2. The summed E-state index contributed by atoms with van der Waals surface area (Å²) in [7, 11) is 0. The highest BCUT2D eigenvalue weighted by Gasteiger charge is 2.45. The zero-order valence-electron chi connectivity index (χ0n) is 39.5. The van der Waals surface area contributed by atoms with E-state index in [0.717, 1.165) is 85.8 Å². The van der Waals surface area contributed by atoms with Gasteiger partial charge in [-0.2, -0.15) is 0 Å². The average molecular weight is 985 g/mol. The normalized spacial score (nSPS) is 19.8. The monoisotopic (exact) mass is 984 g/mol. The van der Waals surface area contributed by atoms with Crippen LogP contribution >= 0.6 is 0 Å². The Balaban J connectivity index is 0.682. The lowest BCUT2D eigenvalue weighted by Crippen LogP contribution is -2.54. The molecule has 3 fully saturated rings. The van der Waals surface area contributed by atoms with Gasteiger partial charge in [0.15, 0.2) is 23.1 Å². The van der Waals surface area contributed by atoms with Crippen LogP contribution in [0.1, 0.15) is 70.5 Å². The number of pyridine rings is 2. The maximum atomic E-state index is 14.4. The molecule has 4 aliphatic heterocycles. The minimum atomic E-state index is -1.03. The fourth-order valence-electron chi connectivity index (χ4n) is 9.92. The molecule has 2 atom stereocenters. The third-order valence-corrected chi connectivity index (χ3v) is 13.7. The van der Waals surface area contributed by atoms with Crippen molar-refractivity contribution in [1.82, 2.24) is 44.6 Å². The number of carbonyl (C=O) groups excluding carboxylic acids is 4. The standard InChI is InChI=1S/C51H54F2N12O7/c52-38-8-5-32(24-39(38)53)40-25-33(42(27-56-40)63-15-3-13-51(54,29-63)43-4-1-2-14-55-43)28-64-31-59-45-46(57-30-58-47(45)64)60-34-11-16-62(17-12-34)18-19-70-20-21-71-22-23-72-35-6-7-36-37(26-35)50(69)65(49(36)68)41-9-10-44(66)61-48(41)67/h1-2,4-8,14,24-27,30-31,34,41H,3,9-13,15-23,28-29,54H2,(H,57,58,60)(H,61,66,67)/t41?,51-/m1/s1. The number of carbonyl (C=O) groups is 4. The molecule has 72 heavy (non-hydrogen) atoms. The van der Waals surface area contributed by atoms with E-state index in [-0.39, 0.29) is 43.2 Å². The summed E-state index contributed by atoms with van der Waals surface area (Å²) >= 11 is 0. The first-order valence-corrected chi connectivity index (χ1v) is 24.2. The zero-order chi connectivity index (χ0) is 49.8. The van der Waals surface area contributed by atoms with Gasteiger partial charge in [-0.1, -0.05) is 6.07 Å². The Hall–Kier alpha value is -7.33. The maximum Gasteiger partial charge on any atom is 0.262 e. The number of anilines is 2. The molecule has 0 saturated carbocycles. The SMILES string of the molecule is N[C@]1(c2ccccn2)CCCN(c2cnc(-c3ccc(F)c(F)c3)cc2Cn2cnc3c(NC4CCN(CCOCCOCCOc5ccc6c(c5)C(=O)N(C5CCC(=O)NC5=O)C6=O)CC4)ncnc32)C1. The van der Waals surface area contributed by atoms with Crippen LogP contribution in [0, 0.1) is 11.6 Å². The summed E-state index contributed by atoms with van der Waals surface area (Å²) in [6, 6.07) is 15.2. The molecule has 3 saturated heterocycles. The van der Waals surface area contributed by atoms with Gasteiger partial charge >= 0.3 is 0 Å². The van der Waals surface area contributed by atoms with Crippen molar-refractivity contribution in [3.63, 3.8) is 0 Å². The van der Waals surface area contributed by atoms with E-state index < -0.39 is 46.8 Å². The Kier molecular flexibility index (Phi) is 14.2. The van der Waals surface area contributed by atoms with Crippen molar-refractivity contribution in [3.8, 4) is 17.0 Å². The van der Waals surface area contributed by atoms with Gasteiger partial charge < -0.3 is 39.6 Å². The first-order chi connectivity index (χ1) is 35.0. The van der Waals surface area contributed by atoms with Crippen LogP contribution in [0.4, 0.5) is 20.3 Å². The molecule has 1 unspecified atom stereocenters. The molecule has 19 nitrogen and oxygen atoms in total. The molecule has 4 aliphatic rings. The van der Waals surface area contributed by atoms with Gasteiger partial charge in [-0.05, 0) is 92.3 Å². The van der Waals surface area contributed by atoms with E-state index in [0.29, 0.717) is 66.9 Å². The number of piperidine rings is 3. The van der Waals surface area contributed by atoms with Gasteiger partial charge in [-0.3, -0.25) is 39.4 Å². The molecule has 21 heteroatoms. The van der Waals surface area contributed by atoms with E-state index in [4.69, 9.17) is 29.9 Å². The second kappa shape index (κ2) is 21.2. The number of hydrogen-bond donors (Lipinski definition) is 3. The number of nitrogens with zero attached hydrogens (tertiary/aromatic N) is 9. The lowest BCUT2D eigenvalue weighted by Gasteiger charge is -2.41. The number of likely N-dealkylation sites (tertiary alicyclic amines) is 1. The van der Waals surface area contributed by atoms with Crippen molar-refractivity contribution in [2.24, 2.45) is 5.73 Å². The van der Waals surface area contributed by atoms with Crippen molar-refractivity contribution in [2.75, 3.05) is 76.0 Å². The molecule has 2 aromatic carbocycles. The summed E-state index contributed by atoms with van der Waals surface area (Å²) < 4.78 is 47.6. The lowest BCUT2D eigenvalue weighted by molar-refractivity contribution is -0.136. The molecule has 0 bridgehead atoms. The van der Waals surface area contributed by atoms with E-state index in [1.54, 1.807) is 24.8 Å². The molecule has 4 N–H and O–H groups in total. The molecular formula is C51H54F2N12O7. The fourth-order valence-corrected chi connectivity index (χ4v) is 9.92. The third-order valence-electron chi connectivity index (χ3n) is 13.7. The Bertz CT molecular complexity index is 2990. The molecule has 8 heterocycles. The molecule has 4 amide bonds. The minimum Gasteiger partial charge on any atom is -0.491 e. The van der Waals surface area contributed by atoms with Gasteiger partial charge in [-0.25, -0.2) is 23.7 Å². The number of imidazole rings is 1. The van der Waals surface area contributed by atoms with Crippen LogP contribution in [0.3, 0.4) is 0 Å². The van der Waals surface area contributed by atoms with Crippen LogP contribution in [0.5, 0.6) is 5.75 Å². The van der Waals surface area contributed by atoms with Crippen molar-refractivity contribution >= 4 is 46.3 Å². The number of amides is 4. The summed E-state index contributed by atoms with van der Waals surface area (Å²) in [6.07, 6.45) is 10.4. The van der Waals surface area contributed by atoms with Gasteiger partial charge in [0.1, 0.15) is 30.2 Å². The highest BCUT2D eigenvalue weighted by molar-refractivity contribution is 6.23. The van der Waals surface area contributed by atoms with Crippen LogP contribution < -0.4 is 26.0 Å². The van der Waals surface area contributed by atoms with Crippen LogP contribution in [0.2, 0.25) is 0 Å². The van der Waals surface area contributed by atoms with Crippen molar-refractivity contribution in [2.45, 2.75) is 62.7 Å². The molecular weight excluding hydrogens is 931 g/mol. The summed E-state index contributed by atoms with van der Waals surface area (Å²) in [5.41, 5.74) is 11.5. The molecule has 4 aromatic heterocycles. The quantitative estimate of drug-likeness (QED) is 0.0799. The highest BCUT2D eigenvalue weighted by Crippen LogP contribution is 2.35. The van der Waals surface area contributed by atoms with Gasteiger partial charge in [0.05, 0.1) is 79.2 Å². The van der Waals surface area contributed by atoms with E-state index in [9.17, 15) is 28.0 Å². The van der Waals surface area contributed by atoms with Crippen LogP contribution in [0.25, 0.3) is 22.4 Å². The number of nitrogens with two attached hydrogens (primary N) is 1. The number of rotatable bonds is 18. The predicted octanol–water partition coefficient (Wildman–Crippen LogP) is 4.45. The Morgan fingerprint density at radius 2 is 1.64 bits per heavy atom. The van der Waals surface area contributed by atoms with E-state index >= 15 is 0 Å². The Morgan fingerprint density at radius 3 is 2.44 bits per heavy atom. The predicted molar refractivity (Wildman–Crippen MR) is 259 cm³/mol. The maximum absolute atomic E-state index is 14.4. The average Bonchev–Trinajstić information content (AvgIpc) is 3.91. The smallest absolute Gasteiger partial charge is 0.262 e. The van der Waals surface area contributed by atoms with E-state index in [1.165, 1.54) is 24.5 Å². The van der Waals surface area contributed by atoms with Gasteiger partial charge in [-0.15, -0.1) is 0 Å². The summed E-state index contributed by atoms with van der Waals surface area (Å²) in [5, 5.41) is 5.82. The van der Waals surface area contributed by atoms with Crippen LogP contribution in [-0.2, 0) is 31.1 Å². The second-order valence-corrected chi connectivity index (χ2v) is 18.5. The number of nitrogens with one attached hydrogen (secondary N) is 2. The lowest BCUT2D eigenvalue weighted by atomic mass is 9.86. The summed E-state index contributed by atoms with van der Waals surface area (Å²) in [6.45, 7) is 5.99. The van der Waals surface area contributed by atoms with Crippen molar-refractivity contribution in [1.29, 1.82) is 0 Å². The number of hydrogen-bond acceptors (Lipinski definition) is 16. The van der Waals surface area contributed by atoms with E-state index in [2.05, 4.69) is 35.4 Å². The van der Waals surface area contributed by atoms with E-state index in [1.807, 2.05) is 28.8 Å². The topological polar surface area (TPSA) is 225 Å². The van der Waals surface area contributed by atoms with Crippen molar-refractivity contribution < 1.29 is 42.2 Å². The summed E-state index contributed by atoms with van der Waals surface area (Å²) in [4.78, 5) is 78.8. The molecule has 0 spiro atoms. The first kappa shape index (κ1) is 48.3. The number of benzene rings is 2. The molecule has 0 radical (unpaired) electrons. The summed E-state index contributed by atoms with van der Waals surface area (Å²) in [5.74, 6) is -3.08. The highest BCUT2D eigenvalue weighted by atomic mass is 19.2. The minimum absolute atomic E-state index is 0.0511. The number of imide groups is 2. The number of ether oxygens (including phenoxy) is 3. The fraction of sp³-hybridized carbons (Fsp3) is 0.392. The number of aromatic nitrogens is 6. The first-order valence-electron chi connectivity index (χ1n) is 24.2. The van der Waals surface area contributed by atoms with Gasteiger partial charge in [0, 0.05) is 56.9 Å². The van der Waals surface area contributed by atoms with Crippen molar-refractivity contribution in [3.05, 3.63) is 120 Å². The molecule has 0 aliphatic carbocycles. The van der Waals surface area contributed by atoms with Crippen LogP contribution in [-0.4, -0.2) is 141 Å².